The monoisotopic (exact) mass is 515 g/mol. The van der Waals surface area contributed by atoms with Gasteiger partial charge >= 0.3 is 10.3 Å². The van der Waals surface area contributed by atoms with Gasteiger partial charge in [0, 0.05) is 0 Å². The summed E-state index contributed by atoms with van der Waals surface area (Å²) >= 11 is 0. The first-order chi connectivity index (χ1) is 16.5. The van der Waals surface area contributed by atoms with Crippen molar-refractivity contribution in [2.75, 3.05) is 0 Å². The summed E-state index contributed by atoms with van der Waals surface area (Å²) in [5.41, 5.74) is 6.96. The third-order valence-corrected chi connectivity index (χ3v) is 7.42. The van der Waals surface area contributed by atoms with Gasteiger partial charge in [0.2, 0.25) is 5.91 Å². The fraction of sp³-hybridized carbons (Fsp3) is 0.567. The highest BCUT2D eigenvalue weighted by molar-refractivity contribution is 7.85. The predicted molar refractivity (Wildman–Crippen MR) is 149 cm³/mol. The Hall–Kier alpha value is -2.34. The first-order valence-corrected chi connectivity index (χ1v) is 14.5. The Labute approximate surface area is 219 Å². The van der Waals surface area contributed by atoms with Gasteiger partial charge in [0.05, 0.1) is 6.42 Å². The molecule has 36 heavy (non-hydrogen) atoms. The van der Waals surface area contributed by atoms with E-state index in [4.69, 9.17) is 4.18 Å². The third kappa shape index (κ3) is 7.34. The van der Waals surface area contributed by atoms with Crippen molar-refractivity contribution in [3.05, 3.63) is 63.2 Å². The molecule has 1 N–H and O–H groups in total. The van der Waals surface area contributed by atoms with Gasteiger partial charge in [-0.15, -0.1) is 0 Å². The third-order valence-electron chi connectivity index (χ3n) is 6.56. The Bertz CT molecular complexity index is 1130. The van der Waals surface area contributed by atoms with Crippen LogP contribution in [0.1, 0.15) is 138 Å². The first kappa shape index (κ1) is 29.9. The molecule has 0 unspecified atom stereocenters. The normalized spacial score (nSPS) is 12.3. The minimum atomic E-state index is -4.37. The second-order valence-corrected chi connectivity index (χ2v) is 12.7. The van der Waals surface area contributed by atoms with Crippen LogP contribution in [-0.2, 0) is 21.5 Å². The maximum atomic E-state index is 13.1. The minimum absolute atomic E-state index is 0.0238. The lowest BCUT2D eigenvalue weighted by Gasteiger charge is -2.23. The highest BCUT2D eigenvalue weighted by atomic mass is 32.2. The molecule has 0 radical (unpaired) electrons. The number of rotatable bonds is 10. The van der Waals surface area contributed by atoms with Gasteiger partial charge in [-0.2, -0.15) is 8.42 Å². The standard InChI is InChI=1S/C30H45NO4S/c1-17(2)23-14-24(18(3)4)28(25(15-23)19(5)6)16-29(32)31-36(33,34)35-30-26(20(7)8)12-22(11)13-27(30)21(9)10/h12-15,17-21H,16H2,1-11H3,(H,31,32). The van der Waals surface area contributed by atoms with Crippen molar-refractivity contribution in [1.29, 1.82) is 0 Å². The van der Waals surface area contributed by atoms with E-state index in [9.17, 15) is 13.2 Å². The van der Waals surface area contributed by atoms with Gasteiger partial charge in [-0.3, -0.25) is 4.79 Å². The van der Waals surface area contributed by atoms with Crippen molar-refractivity contribution < 1.29 is 17.4 Å². The molecule has 0 aliphatic rings. The molecule has 0 fully saturated rings. The molecule has 5 nitrogen and oxygen atoms in total. The molecule has 0 aliphatic heterocycles. The lowest BCUT2D eigenvalue weighted by molar-refractivity contribution is -0.118. The molecular weight excluding hydrogens is 470 g/mol. The second kappa shape index (κ2) is 11.8. The average Bonchev–Trinajstić information content (AvgIpc) is 2.73. The Kier molecular flexibility index (Phi) is 9.80. The zero-order chi connectivity index (χ0) is 27.5. The first-order valence-electron chi connectivity index (χ1n) is 13.1. The summed E-state index contributed by atoms with van der Waals surface area (Å²) in [5, 5.41) is 0. The summed E-state index contributed by atoms with van der Waals surface area (Å²) < 4.78 is 33.9. The fourth-order valence-electron chi connectivity index (χ4n) is 4.56. The van der Waals surface area contributed by atoms with Crippen LogP contribution in [0, 0.1) is 6.92 Å². The average molecular weight is 516 g/mol. The quantitative estimate of drug-likeness (QED) is 0.354. The van der Waals surface area contributed by atoms with E-state index >= 15 is 0 Å². The highest BCUT2D eigenvalue weighted by Gasteiger charge is 2.26. The maximum absolute atomic E-state index is 13.1. The molecule has 6 heteroatoms. The number of hydrogen-bond acceptors (Lipinski definition) is 4. The van der Waals surface area contributed by atoms with Crippen LogP contribution in [0.15, 0.2) is 24.3 Å². The zero-order valence-corrected chi connectivity index (χ0v) is 24.8. The van der Waals surface area contributed by atoms with Crippen LogP contribution in [0.3, 0.4) is 0 Å². The topological polar surface area (TPSA) is 72.5 Å². The SMILES string of the molecule is Cc1cc(C(C)C)c(OS(=O)(=O)NC(=O)Cc2c(C(C)C)cc(C(C)C)cc2C(C)C)c(C(C)C)c1. The molecular formula is C30H45NO4S. The van der Waals surface area contributed by atoms with Gasteiger partial charge in [-0.25, -0.2) is 4.72 Å². The number of carbonyl (C=O) groups is 1. The summed E-state index contributed by atoms with van der Waals surface area (Å²) in [5.74, 6) is 0.600. The van der Waals surface area contributed by atoms with Crippen LogP contribution >= 0.6 is 0 Å². The van der Waals surface area contributed by atoms with E-state index in [1.165, 1.54) is 5.56 Å². The second-order valence-electron chi connectivity index (χ2n) is 11.5. The van der Waals surface area contributed by atoms with Crippen LogP contribution in [0.2, 0.25) is 0 Å². The van der Waals surface area contributed by atoms with E-state index in [2.05, 4.69) is 58.4 Å². The largest absolute Gasteiger partial charge is 0.409 e. The molecule has 0 aliphatic carbocycles. The van der Waals surface area contributed by atoms with E-state index in [1.54, 1.807) is 0 Å². The van der Waals surface area contributed by atoms with Crippen molar-refractivity contribution in [1.82, 2.24) is 4.72 Å². The fourth-order valence-corrected chi connectivity index (χ4v) is 5.36. The molecule has 0 aromatic heterocycles. The Balaban J connectivity index is 2.43. The summed E-state index contributed by atoms with van der Waals surface area (Å²) in [4.78, 5) is 13.1. The predicted octanol–water partition coefficient (Wildman–Crippen LogP) is 7.59. The Morgan fingerprint density at radius 1 is 0.722 bits per heavy atom. The molecule has 0 heterocycles. The van der Waals surface area contributed by atoms with Crippen LogP contribution in [0.4, 0.5) is 0 Å². The molecule has 0 atom stereocenters. The minimum Gasteiger partial charge on any atom is -0.366 e. The van der Waals surface area contributed by atoms with E-state index in [0.29, 0.717) is 11.7 Å². The summed E-state index contributed by atoms with van der Waals surface area (Å²) in [6.45, 7) is 22.7. The van der Waals surface area contributed by atoms with E-state index in [1.807, 2.05) is 46.8 Å². The number of hydrogen-bond donors (Lipinski definition) is 1. The summed E-state index contributed by atoms with van der Waals surface area (Å²) in [6, 6.07) is 8.21. The molecule has 0 bridgehead atoms. The lowest BCUT2D eigenvalue weighted by atomic mass is 9.83. The summed E-state index contributed by atoms with van der Waals surface area (Å²) in [7, 11) is -4.37. The maximum Gasteiger partial charge on any atom is 0.409 e. The van der Waals surface area contributed by atoms with Crippen LogP contribution in [0.25, 0.3) is 0 Å². The van der Waals surface area contributed by atoms with Crippen molar-refractivity contribution >= 4 is 16.2 Å². The van der Waals surface area contributed by atoms with Gasteiger partial charge in [0.1, 0.15) is 0 Å². The van der Waals surface area contributed by atoms with Gasteiger partial charge in [-0.1, -0.05) is 99.1 Å². The number of aryl methyl sites for hydroxylation is 1. The smallest absolute Gasteiger partial charge is 0.366 e. The Morgan fingerprint density at radius 3 is 1.50 bits per heavy atom. The molecule has 0 saturated carbocycles. The van der Waals surface area contributed by atoms with E-state index in [0.717, 1.165) is 33.4 Å². The number of carbonyl (C=O) groups excluding carboxylic acids is 1. The van der Waals surface area contributed by atoms with Crippen molar-refractivity contribution in [3.8, 4) is 5.75 Å². The van der Waals surface area contributed by atoms with Gasteiger partial charge < -0.3 is 4.18 Å². The molecule has 2 rings (SSSR count). The highest BCUT2D eigenvalue weighted by Crippen LogP contribution is 2.37. The van der Waals surface area contributed by atoms with Gasteiger partial charge in [0.25, 0.3) is 0 Å². The number of amides is 1. The molecule has 2 aromatic carbocycles. The van der Waals surface area contributed by atoms with Crippen molar-refractivity contribution in [2.45, 2.75) is 112 Å². The van der Waals surface area contributed by atoms with E-state index < -0.39 is 16.2 Å². The van der Waals surface area contributed by atoms with Crippen molar-refractivity contribution in [2.24, 2.45) is 0 Å². The lowest BCUT2D eigenvalue weighted by Crippen LogP contribution is -2.36. The van der Waals surface area contributed by atoms with Gasteiger partial charge in [-0.05, 0) is 69.9 Å². The number of benzene rings is 2. The molecule has 0 spiro atoms. The number of nitrogens with one attached hydrogen (secondary N) is 1. The summed E-state index contributed by atoms with van der Waals surface area (Å²) in [6.07, 6.45) is -0.0238. The van der Waals surface area contributed by atoms with Crippen molar-refractivity contribution in [3.63, 3.8) is 0 Å². The molecule has 1 amide bonds. The van der Waals surface area contributed by atoms with Crippen LogP contribution in [0.5, 0.6) is 5.75 Å². The van der Waals surface area contributed by atoms with E-state index in [-0.39, 0.29) is 30.1 Å². The molecule has 200 valence electrons. The van der Waals surface area contributed by atoms with Crippen LogP contribution < -0.4 is 8.91 Å². The van der Waals surface area contributed by atoms with Crippen LogP contribution in [-0.4, -0.2) is 14.3 Å². The zero-order valence-electron chi connectivity index (χ0n) is 23.9. The Morgan fingerprint density at radius 2 is 1.14 bits per heavy atom. The molecule has 0 saturated heterocycles. The molecule has 2 aromatic rings. The van der Waals surface area contributed by atoms with Gasteiger partial charge in [0.15, 0.2) is 5.75 Å².